The molecule has 0 bridgehead atoms. The molecular formula is C12H10N6O3S. The maximum Gasteiger partial charge on any atom is 0.376 e. The van der Waals surface area contributed by atoms with Gasteiger partial charge in [-0.05, 0) is 12.1 Å². The Morgan fingerprint density at radius 3 is 2.86 bits per heavy atom. The minimum absolute atomic E-state index is 0.0779. The van der Waals surface area contributed by atoms with E-state index in [0.29, 0.717) is 5.13 Å². The number of anilines is 2. The first-order valence-corrected chi connectivity index (χ1v) is 6.94. The van der Waals surface area contributed by atoms with Gasteiger partial charge < -0.3 is 10.5 Å². The van der Waals surface area contributed by atoms with Crippen LogP contribution < -0.4 is 11.1 Å². The van der Waals surface area contributed by atoms with Gasteiger partial charge in [0.05, 0.1) is 10.2 Å². The molecular weight excluding hydrogens is 308 g/mol. The molecule has 9 nitrogen and oxygen atoms in total. The highest BCUT2D eigenvalue weighted by Crippen LogP contribution is 2.25. The minimum Gasteiger partial charge on any atom is -0.450 e. The Hall–Kier alpha value is -3.01. The molecule has 0 spiro atoms. The van der Waals surface area contributed by atoms with E-state index in [1.54, 1.807) is 0 Å². The topological polar surface area (TPSA) is 136 Å². The standard InChI is InChI=1S/C12H10N6O3S/c13-11-16-9(17-18-11)10(20)21-5-8(19)15-12-14-6-3-1-2-4-7(6)22-12/h1-4H,5H2,(H,14,15,19)(H3,13,16,17,18). The van der Waals surface area contributed by atoms with Crippen molar-refractivity contribution in [3.8, 4) is 0 Å². The summed E-state index contributed by atoms with van der Waals surface area (Å²) in [5, 5.41) is 8.78. The summed E-state index contributed by atoms with van der Waals surface area (Å²) in [7, 11) is 0. The van der Waals surface area contributed by atoms with Crippen molar-refractivity contribution in [1.29, 1.82) is 0 Å². The van der Waals surface area contributed by atoms with Gasteiger partial charge in [-0.2, -0.15) is 4.98 Å². The van der Waals surface area contributed by atoms with Crippen LogP contribution in [0, 0.1) is 0 Å². The van der Waals surface area contributed by atoms with Gasteiger partial charge in [-0.15, -0.1) is 5.10 Å². The molecule has 4 N–H and O–H groups in total. The van der Waals surface area contributed by atoms with Crippen molar-refractivity contribution in [2.45, 2.75) is 0 Å². The van der Waals surface area contributed by atoms with Gasteiger partial charge in [0.1, 0.15) is 0 Å². The number of ether oxygens (including phenoxy) is 1. The molecule has 3 rings (SSSR count). The first kappa shape index (κ1) is 13.9. The molecule has 2 aromatic heterocycles. The molecule has 0 unspecified atom stereocenters. The van der Waals surface area contributed by atoms with E-state index < -0.39 is 18.5 Å². The molecule has 1 aromatic carbocycles. The van der Waals surface area contributed by atoms with Gasteiger partial charge in [0.25, 0.3) is 5.91 Å². The van der Waals surface area contributed by atoms with Gasteiger partial charge in [-0.3, -0.25) is 15.2 Å². The number of nitrogens with zero attached hydrogens (tertiary/aromatic N) is 3. The molecule has 22 heavy (non-hydrogen) atoms. The first-order chi connectivity index (χ1) is 10.6. The maximum atomic E-state index is 11.7. The lowest BCUT2D eigenvalue weighted by Gasteiger charge is -2.02. The molecule has 0 aliphatic heterocycles. The molecule has 0 saturated carbocycles. The van der Waals surface area contributed by atoms with Crippen molar-refractivity contribution in [3.63, 3.8) is 0 Å². The van der Waals surface area contributed by atoms with Crippen LogP contribution in [0.15, 0.2) is 24.3 Å². The summed E-state index contributed by atoms with van der Waals surface area (Å²) in [4.78, 5) is 31.1. The lowest BCUT2D eigenvalue weighted by molar-refractivity contribution is -0.119. The number of amides is 1. The zero-order chi connectivity index (χ0) is 15.5. The Kier molecular flexibility index (Phi) is 3.66. The molecule has 112 valence electrons. The van der Waals surface area contributed by atoms with Crippen molar-refractivity contribution < 1.29 is 14.3 Å². The number of hydrogen-bond acceptors (Lipinski definition) is 8. The number of nitrogens with one attached hydrogen (secondary N) is 2. The molecule has 1 amide bonds. The van der Waals surface area contributed by atoms with Crippen LogP contribution in [0.3, 0.4) is 0 Å². The summed E-state index contributed by atoms with van der Waals surface area (Å²) < 4.78 is 5.74. The van der Waals surface area contributed by atoms with Gasteiger partial charge in [0, 0.05) is 0 Å². The number of carbonyl (C=O) groups is 2. The van der Waals surface area contributed by atoms with Crippen molar-refractivity contribution in [2.75, 3.05) is 17.7 Å². The van der Waals surface area contributed by atoms with Crippen molar-refractivity contribution in [2.24, 2.45) is 0 Å². The fourth-order valence-corrected chi connectivity index (χ4v) is 2.53. The van der Waals surface area contributed by atoms with Crippen LogP contribution in [0.25, 0.3) is 10.2 Å². The van der Waals surface area contributed by atoms with E-state index in [0.717, 1.165) is 10.2 Å². The maximum absolute atomic E-state index is 11.7. The molecule has 0 aliphatic rings. The van der Waals surface area contributed by atoms with Crippen molar-refractivity contribution >= 4 is 44.5 Å². The number of para-hydroxylation sites is 1. The van der Waals surface area contributed by atoms with Crippen molar-refractivity contribution in [3.05, 3.63) is 30.1 Å². The van der Waals surface area contributed by atoms with E-state index in [9.17, 15) is 9.59 Å². The second-order valence-electron chi connectivity index (χ2n) is 4.15. The summed E-state index contributed by atoms with van der Waals surface area (Å²) in [6.45, 7) is -0.463. The number of aromatic nitrogens is 4. The third-order valence-corrected chi connectivity index (χ3v) is 3.52. The number of hydrogen-bond donors (Lipinski definition) is 3. The Morgan fingerprint density at radius 1 is 1.32 bits per heavy atom. The normalized spacial score (nSPS) is 10.5. The summed E-state index contributed by atoms with van der Waals surface area (Å²) >= 11 is 1.33. The van der Waals surface area contributed by atoms with Gasteiger partial charge in [0.15, 0.2) is 11.7 Å². The molecule has 10 heteroatoms. The Bertz CT molecular complexity index is 809. The number of nitrogen functional groups attached to an aromatic ring is 1. The Labute approximate surface area is 127 Å². The number of carbonyl (C=O) groups excluding carboxylic acids is 2. The zero-order valence-electron chi connectivity index (χ0n) is 11.1. The lowest BCUT2D eigenvalue weighted by atomic mass is 10.3. The predicted molar refractivity (Wildman–Crippen MR) is 79.3 cm³/mol. The summed E-state index contributed by atoms with van der Waals surface area (Å²) in [5.41, 5.74) is 6.05. The van der Waals surface area contributed by atoms with Crippen molar-refractivity contribution in [1.82, 2.24) is 20.2 Å². The van der Waals surface area contributed by atoms with Gasteiger partial charge in [-0.1, -0.05) is 23.5 Å². The SMILES string of the molecule is Nc1n[nH]c(C(=O)OCC(=O)Nc2nc3ccccc3s2)n1. The van der Waals surface area contributed by atoms with E-state index >= 15 is 0 Å². The van der Waals surface area contributed by atoms with E-state index in [1.165, 1.54) is 11.3 Å². The van der Waals surface area contributed by atoms with Crippen LogP contribution in [0.1, 0.15) is 10.6 Å². The van der Waals surface area contributed by atoms with Crippen LogP contribution in [0.2, 0.25) is 0 Å². The highest BCUT2D eigenvalue weighted by atomic mass is 32.1. The third-order valence-electron chi connectivity index (χ3n) is 2.57. The first-order valence-electron chi connectivity index (χ1n) is 6.12. The van der Waals surface area contributed by atoms with Crippen LogP contribution in [0.4, 0.5) is 11.1 Å². The van der Waals surface area contributed by atoms with Gasteiger partial charge in [-0.25, -0.2) is 9.78 Å². The summed E-state index contributed by atoms with van der Waals surface area (Å²) in [5.74, 6) is -1.56. The number of aromatic amines is 1. The number of thiazole rings is 1. The molecule has 0 saturated heterocycles. The number of nitrogens with two attached hydrogens (primary N) is 1. The second-order valence-corrected chi connectivity index (χ2v) is 5.18. The molecule has 0 fully saturated rings. The molecule has 0 radical (unpaired) electrons. The van der Waals surface area contributed by atoms with E-state index in [-0.39, 0.29) is 11.8 Å². The predicted octanol–water partition coefficient (Wildman–Crippen LogP) is 0.792. The van der Waals surface area contributed by atoms with Crippen LogP contribution in [0.5, 0.6) is 0 Å². The average molecular weight is 318 g/mol. The zero-order valence-corrected chi connectivity index (χ0v) is 11.9. The lowest BCUT2D eigenvalue weighted by Crippen LogP contribution is -2.21. The number of H-pyrrole nitrogens is 1. The average Bonchev–Trinajstić information content (AvgIpc) is 3.10. The summed E-state index contributed by atoms with van der Waals surface area (Å²) in [6, 6.07) is 7.49. The molecule has 3 aromatic rings. The second kappa shape index (κ2) is 5.77. The number of rotatable bonds is 4. The van der Waals surface area contributed by atoms with E-state index in [1.807, 2.05) is 24.3 Å². The summed E-state index contributed by atoms with van der Waals surface area (Å²) in [6.07, 6.45) is 0. The fourth-order valence-electron chi connectivity index (χ4n) is 1.65. The smallest absolute Gasteiger partial charge is 0.376 e. The van der Waals surface area contributed by atoms with Crippen LogP contribution in [-0.4, -0.2) is 38.6 Å². The highest BCUT2D eigenvalue weighted by molar-refractivity contribution is 7.22. The van der Waals surface area contributed by atoms with Gasteiger partial charge in [0.2, 0.25) is 11.8 Å². The number of esters is 1. The quantitative estimate of drug-likeness (QED) is 0.605. The fraction of sp³-hybridized carbons (Fsp3) is 0.0833. The molecule has 0 atom stereocenters. The molecule has 2 heterocycles. The van der Waals surface area contributed by atoms with E-state index in [2.05, 4.69) is 25.5 Å². The van der Waals surface area contributed by atoms with Gasteiger partial charge >= 0.3 is 5.97 Å². The van der Waals surface area contributed by atoms with E-state index in [4.69, 9.17) is 10.5 Å². The largest absolute Gasteiger partial charge is 0.450 e. The Morgan fingerprint density at radius 2 is 2.14 bits per heavy atom. The third kappa shape index (κ3) is 3.01. The highest BCUT2D eigenvalue weighted by Gasteiger charge is 2.15. The minimum atomic E-state index is -0.816. The monoisotopic (exact) mass is 318 g/mol. The molecule has 0 aliphatic carbocycles. The Balaban J connectivity index is 1.57. The van der Waals surface area contributed by atoms with Crippen LogP contribution >= 0.6 is 11.3 Å². The number of fused-ring (bicyclic) bond motifs is 1. The number of benzene rings is 1. The van der Waals surface area contributed by atoms with Crippen LogP contribution in [-0.2, 0) is 9.53 Å².